The van der Waals surface area contributed by atoms with E-state index in [0.717, 1.165) is 11.8 Å². The molecule has 74 valence electrons. The summed E-state index contributed by atoms with van der Waals surface area (Å²) < 4.78 is 0. The summed E-state index contributed by atoms with van der Waals surface area (Å²) in [5, 5.41) is 6.70. The van der Waals surface area contributed by atoms with Crippen LogP contribution in [0.2, 0.25) is 0 Å². The Morgan fingerprint density at radius 2 is 2.08 bits per heavy atom. The Morgan fingerprint density at radius 3 is 2.38 bits per heavy atom. The highest BCUT2D eigenvalue weighted by Crippen LogP contribution is 2.15. The number of aliphatic imine (C=N–C) groups is 1. The SMILES string of the molecule is CCC(SC(=N)N=C(N)N)C(N)=O. The average Bonchev–Trinajstić information content (AvgIpc) is 1.98. The zero-order valence-corrected chi connectivity index (χ0v) is 8.10. The highest BCUT2D eigenvalue weighted by Gasteiger charge is 2.15. The second-order valence-corrected chi connectivity index (χ2v) is 3.45. The third-order valence-electron chi connectivity index (χ3n) is 1.17. The number of primary amides is 1. The van der Waals surface area contributed by atoms with Crippen LogP contribution in [0.1, 0.15) is 13.3 Å². The number of guanidine groups is 1. The van der Waals surface area contributed by atoms with Gasteiger partial charge < -0.3 is 17.2 Å². The van der Waals surface area contributed by atoms with Gasteiger partial charge in [-0.2, -0.15) is 4.99 Å². The lowest BCUT2D eigenvalue weighted by molar-refractivity contribution is -0.117. The molecule has 7 heteroatoms. The molecule has 7 N–H and O–H groups in total. The maximum Gasteiger partial charge on any atom is 0.231 e. The number of amidine groups is 1. The summed E-state index contributed by atoms with van der Waals surface area (Å²) in [5.74, 6) is -0.667. The van der Waals surface area contributed by atoms with Gasteiger partial charge in [0.25, 0.3) is 0 Å². The van der Waals surface area contributed by atoms with Gasteiger partial charge in [0, 0.05) is 0 Å². The smallest absolute Gasteiger partial charge is 0.231 e. The van der Waals surface area contributed by atoms with Crippen LogP contribution in [-0.4, -0.2) is 22.3 Å². The van der Waals surface area contributed by atoms with E-state index in [1.807, 2.05) is 0 Å². The standard InChI is InChI=1S/C6H13N5OS/c1-2-3(4(7)12)13-6(10)11-5(8)9/h3H,2H2,1H3,(H2,7,12)(H5,8,9,10,11). The summed E-state index contributed by atoms with van der Waals surface area (Å²) in [6, 6.07) is 0. The maximum absolute atomic E-state index is 10.7. The van der Waals surface area contributed by atoms with E-state index in [9.17, 15) is 4.79 Å². The van der Waals surface area contributed by atoms with Crippen molar-refractivity contribution in [2.24, 2.45) is 22.2 Å². The lowest BCUT2D eigenvalue weighted by Gasteiger charge is -2.07. The van der Waals surface area contributed by atoms with Crippen molar-refractivity contribution in [1.29, 1.82) is 5.41 Å². The van der Waals surface area contributed by atoms with Crippen LogP contribution in [0.4, 0.5) is 0 Å². The third kappa shape index (κ3) is 5.07. The van der Waals surface area contributed by atoms with Gasteiger partial charge in [0.15, 0.2) is 11.1 Å². The van der Waals surface area contributed by atoms with Crippen molar-refractivity contribution in [2.75, 3.05) is 0 Å². The van der Waals surface area contributed by atoms with Crippen molar-refractivity contribution >= 4 is 28.8 Å². The van der Waals surface area contributed by atoms with Crippen molar-refractivity contribution in [1.82, 2.24) is 0 Å². The van der Waals surface area contributed by atoms with Gasteiger partial charge in [0.05, 0.1) is 5.25 Å². The fourth-order valence-electron chi connectivity index (χ4n) is 0.621. The number of carbonyl (C=O) groups excluding carboxylic acids is 1. The van der Waals surface area contributed by atoms with Crippen LogP contribution in [0, 0.1) is 5.41 Å². The van der Waals surface area contributed by atoms with E-state index in [1.54, 1.807) is 6.92 Å². The predicted octanol–water partition coefficient (Wildman–Crippen LogP) is -0.808. The zero-order chi connectivity index (χ0) is 10.4. The van der Waals surface area contributed by atoms with Crippen molar-refractivity contribution in [2.45, 2.75) is 18.6 Å². The Bertz CT molecular complexity index is 235. The molecule has 0 aliphatic carbocycles. The summed E-state index contributed by atoms with van der Waals surface area (Å²) in [4.78, 5) is 14.2. The molecule has 0 aromatic rings. The van der Waals surface area contributed by atoms with E-state index >= 15 is 0 Å². The molecule has 0 saturated carbocycles. The van der Waals surface area contributed by atoms with Crippen molar-refractivity contribution < 1.29 is 4.79 Å². The first-order valence-electron chi connectivity index (χ1n) is 3.61. The highest BCUT2D eigenvalue weighted by atomic mass is 32.2. The van der Waals surface area contributed by atoms with Crippen molar-refractivity contribution in [3.8, 4) is 0 Å². The van der Waals surface area contributed by atoms with Crippen LogP contribution in [0.25, 0.3) is 0 Å². The first kappa shape index (κ1) is 11.8. The fourth-order valence-corrected chi connectivity index (χ4v) is 1.33. The highest BCUT2D eigenvalue weighted by molar-refractivity contribution is 8.14. The van der Waals surface area contributed by atoms with E-state index in [2.05, 4.69) is 4.99 Å². The van der Waals surface area contributed by atoms with E-state index in [-0.39, 0.29) is 11.1 Å². The maximum atomic E-state index is 10.7. The number of hydrogen-bond donors (Lipinski definition) is 4. The van der Waals surface area contributed by atoms with Gasteiger partial charge in [0.1, 0.15) is 0 Å². The number of hydrogen-bond acceptors (Lipinski definition) is 3. The molecule has 0 aromatic carbocycles. The second kappa shape index (κ2) is 5.41. The Balaban J connectivity index is 4.18. The molecule has 13 heavy (non-hydrogen) atoms. The monoisotopic (exact) mass is 203 g/mol. The van der Waals surface area contributed by atoms with Crippen LogP contribution in [0.15, 0.2) is 4.99 Å². The average molecular weight is 203 g/mol. The molecule has 0 rings (SSSR count). The van der Waals surface area contributed by atoms with Crippen LogP contribution < -0.4 is 17.2 Å². The predicted molar refractivity (Wildman–Crippen MR) is 54.4 cm³/mol. The number of nitrogens with one attached hydrogen (secondary N) is 1. The molecule has 0 fully saturated rings. The summed E-state index contributed by atoms with van der Waals surface area (Å²) in [7, 11) is 0. The summed E-state index contributed by atoms with van der Waals surface area (Å²) in [5.41, 5.74) is 15.1. The second-order valence-electron chi connectivity index (χ2n) is 2.26. The van der Waals surface area contributed by atoms with Gasteiger partial charge in [-0.25, -0.2) is 0 Å². The zero-order valence-electron chi connectivity index (χ0n) is 7.28. The van der Waals surface area contributed by atoms with Crippen molar-refractivity contribution in [3.63, 3.8) is 0 Å². The third-order valence-corrected chi connectivity index (χ3v) is 2.34. The summed E-state index contributed by atoms with van der Waals surface area (Å²) >= 11 is 0.942. The topological polar surface area (TPSA) is 131 Å². The molecule has 0 saturated heterocycles. The van der Waals surface area contributed by atoms with Gasteiger partial charge in [-0.1, -0.05) is 18.7 Å². The number of amides is 1. The minimum atomic E-state index is -0.469. The molecule has 0 heterocycles. The van der Waals surface area contributed by atoms with Gasteiger partial charge in [-0.3, -0.25) is 10.2 Å². The van der Waals surface area contributed by atoms with Crippen LogP contribution in [0.3, 0.4) is 0 Å². The Kier molecular flexibility index (Phi) is 4.90. The van der Waals surface area contributed by atoms with Crippen LogP contribution in [-0.2, 0) is 4.79 Å². The molecule has 0 aromatic heterocycles. The van der Waals surface area contributed by atoms with E-state index in [0.29, 0.717) is 6.42 Å². The van der Waals surface area contributed by atoms with E-state index < -0.39 is 11.2 Å². The number of thioether (sulfide) groups is 1. The van der Waals surface area contributed by atoms with Crippen molar-refractivity contribution in [3.05, 3.63) is 0 Å². The Hall–Kier alpha value is -1.24. The number of nitrogens with zero attached hydrogens (tertiary/aromatic N) is 1. The molecule has 1 unspecified atom stereocenters. The van der Waals surface area contributed by atoms with Gasteiger partial charge >= 0.3 is 0 Å². The lowest BCUT2D eigenvalue weighted by Crippen LogP contribution is -2.27. The van der Waals surface area contributed by atoms with Gasteiger partial charge in [-0.05, 0) is 6.42 Å². The van der Waals surface area contributed by atoms with E-state index in [4.69, 9.17) is 22.6 Å². The number of nitrogens with two attached hydrogens (primary N) is 3. The molecule has 1 amide bonds. The number of carbonyl (C=O) groups is 1. The molecule has 1 atom stereocenters. The molecular weight excluding hydrogens is 190 g/mol. The van der Waals surface area contributed by atoms with Gasteiger partial charge in [0.2, 0.25) is 5.91 Å². The van der Waals surface area contributed by atoms with Crippen LogP contribution >= 0.6 is 11.8 Å². The first-order valence-corrected chi connectivity index (χ1v) is 4.49. The molecule has 0 radical (unpaired) electrons. The normalized spacial score (nSPS) is 11.8. The largest absolute Gasteiger partial charge is 0.370 e. The van der Waals surface area contributed by atoms with Gasteiger partial charge in [-0.15, -0.1) is 0 Å². The quantitative estimate of drug-likeness (QED) is 0.353. The minimum absolute atomic E-state index is 0.106. The molecule has 0 bridgehead atoms. The molecule has 6 nitrogen and oxygen atoms in total. The van der Waals surface area contributed by atoms with Crippen LogP contribution in [0.5, 0.6) is 0 Å². The minimum Gasteiger partial charge on any atom is -0.370 e. The summed E-state index contributed by atoms with van der Waals surface area (Å²) in [6.07, 6.45) is 0.544. The van der Waals surface area contributed by atoms with E-state index in [1.165, 1.54) is 0 Å². The Morgan fingerprint density at radius 1 is 1.54 bits per heavy atom. The fraction of sp³-hybridized carbons (Fsp3) is 0.500. The molecule has 0 spiro atoms. The molecule has 0 aliphatic rings. The molecular formula is C6H13N5OS. The molecule has 0 aliphatic heterocycles. The first-order chi connectivity index (χ1) is 5.97. The lowest BCUT2D eigenvalue weighted by atomic mass is 10.3. The number of rotatable bonds is 3. The summed E-state index contributed by atoms with van der Waals surface area (Å²) in [6.45, 7) is 1.80. The Labute approximate surface area is 80.4 Å².